The van der Waals surface area contributed by atoms with E-state index in [2.05, 4.69) is 28.3 Å². The van der Waals surface area contributed by atoms with Crippen LogP contribution in [0, 0.1) is 11.8 Å². The third-order valence-corrected chi connectivity index (χ3v) is 8.12. The van der Waals surface area contributed by atoms with Gasteiger partial charge in [0, 0.05) is 56.9 Å². The molecule has 1 aliphatic heterocycles. The fourth-order valence-corrected chi connectivity index (χ4v) is 5.61. The second-order valence-electron chi connectivity index (χ2n) is 9.97. The molecule has 0 unspecified atom stereocenters. The molecule has 1 aliphatic carbocycles. The van der Waals surface area contributed by atoms with Gasteiger partial charge < -0.3 is 19.7 Å². The summed E-state index contributed by atoms with van der Waals surface area (Å²) in [6.45, 7) is 4.35. The Hall–Kier alpha value is -1.44. The SMILES string of the molecule is COCCN(C)C1CCC(Cc2cc(-c3nc(NCC4CCOCC4)ccc3Cl)c(Cl)cn2)CC1. The number of nitrogens with one attached hydrogen (secondary N) is 1. The van der Waals surface area contributed by atoms with Crippen LogP contribution in [0.1, 0.15) is 44.2 Å². The average molecular weight is 522 g/mol. The van der Waals surface area contributed by atoms with Crippen LogP contribution in [0.15, 0.2) is 24.4 Å². The molecule has 0 amide bonds. The summed E-state index contributed by atoms with van der Waals surface area (Å²) in [7, 11) is 3.97. The van der Waals surface area contributed by atoms with Crippen LogP contribution in [0.25, 0.3) is 11.3 Å². The van der Waals surface area contributed by atoms with Gasteiger partial charge in [0.05, 0.1) is 22.3 Å². The van der Waals surface area contributed by atoms with Crippen molar-refractivity contribution in [2.75, 3.05) is 52.4 Å². The highest BCUT2D eigenvalue weighted by atomic mass is 35.5. The fourth-order valence-electron chi connectivity index (χ4n) is 5.21. The number of hydrogen-bond acceptors (Lipinski definition) is 6. The molecule has 2 aromatic heterocycles. The Morgan fingerprint density at radius 1 is 1.06 bits per heavy atom. The van der Waals surface area contributed by atoms with E-state index in [1.54, 1.807) is 13.3 Å². The second-order valence-corrected chi connectivity index (χ2v) is 10.8. The lowest BCUT2D eigenvalue weighted by Gasteiger charge is -2.34. The van der Waals surface area contributed by atoms with E-state index in [1.165, 1.54) is 25.7 Å². The van der Waals surface area contributed by atoms with E-state index in [0.717, 1.165) is 69.2 Å². The Labute approximate surface area is 219 Å². The molecular formula is C27H38Cl2N4O2. The minimum absolute atomic E-state index is 0.577. The number of methoxy groups -OCH3 is 1. The maximum Gasteiger partial charge on any atom is 0.126 e. The zero-order valence-corrected chi connectivity index (χ0v) is 22.5. The van der Waals surface area contributed by atoms with Crippen molar-refractivity contribution < 1.29 is 9.47 Å². The van der Waals surface area contributed by atoms with Crippen molar-refractivity contribution in [3.63, 3.8) is 0 Å². The van der Waals surface area contributed by atoms with Gasteiger partial charge in [0.15, 0.2) is 0 Å². The quantitative estimate of drug-likeness (QED) is 0.416. The number of likely N-dealkylation sites (N-methyl/N-ethyl adjacent to an activating group) is 1. The van der Waals surface area contributed by atoms with Crippen LogP contribution in [0.3, 0.4) is 0 Å². The van der Waals surface area contributed by atoms with Crippen molar-refractivity contribution in [3.05, 3.63) is 40.1 Å². The Morgan fingerprint density at radius 2 is 1.83 bits per heavy atom. The van der Waals surface area contributed by atoms with Crippen LogP contribution in [-0.4, -0.2) is 68.0 Å². The Balaban J connectivity index is 1.39. The summed E-state index contributed by atoms with van der Waals surface area (Å²) >= 11 is 13.2. The molecule has 1 saturated heterocycles. The van der Waals surface area contributed by atoms with Crippen molar-refractivity contribution in [2.45, 2.75) is 51.0 Å². The van der Waals surface area contributed by atoms with E-state index >= 15 is 0 Å². The van der Waals surface area contributed by atoms with Crippen LogP contribution in [0.5, 0.6) is 0 Å². The zero-order chi connectivity index (χ0) is 24.6. The average Bonchev–Trinajstić information content (AvgIpc) is 2.89. The van der Waals surface area contributed by atoms with E-state index in [1.807, 2.05) is 12.1 Å². The standard InChI is InChI=1S/C27H38Cl2N4O2/c1-33(11-14-34-2)22-5-3-19(4-6-22)15-21-16-23(25(29)18-30-21)27-24(28)7-8-26(32-27)31-17-20-9-12-35-13-10-20/h7-8,16,18-20,22H,3-6,9-15,17H2,1-2H3,(H,31,32). The van der Waals surface area contributed by atoms with Gasteiger partial charge in [-0.2, -0.15) is 0 Å². The number of rotatable bonds is 10. The molecule has 2 aromatic rings. The minimum atomic E-state index is 0.577. The number of anilines is 1. The molecule has 3 heterocycles. The predicted octanol–water partition coefficient (Wildman–Crippen LogP) is 5.97. The molecule has 1 saturated carbocycles. The lowest BCUT2D eigenvalue weighted by Crippen LogP contribution is -2.37. The van der Waals surface area contributed by atoms with Gasteiger partial charge in [-0.3, -0.25) is 4.98 Å². The normalized spacial score (nSPS) is 21.4. The van der Waals surface area contributed by atoms with Crippen LogP contribution < -0.4 is 5.32 Å². The highest BCUT2D eigenvalue weighted by molar-refractivity contribution is 6.36. The smallest absolute Gasteiger partial charge is 0.126 e. The number of hydrogen-bond donors (Lipinski definition) is 1. The molecule has 0 aromatic carbocycles. The van der Waals surface area contributed by atoms with E-state index in [4.69, 9.17) is 37.7 Å². The third kappa shape index (κ3) is 7.53. The summed E-state index contributed by atoms with van der Waals surface area (Å²) in [5.41, 5.74) is 2.61. The van der Waals surface area contributed by atoms with Crippen molar-refractivity contribution >= 4 is 29.0 Å². The summed E-state index contributed by atoms with van der Waals surface area (Å²) in [6.07, 6.45) is 9.74. The van der Waals surface area contributed by atoms with Crippen molar-refractivity contribution in [2.24, 2.45) is 11.8 Å². The van der Waals surface area contributed by atoms with Crippen molar-refractivity contribution in [3.8, 4) is 11.3 Å². The number of halogens is 2. The molecular weight excluding hydrogens is 483 g/mol. The molecule has 0 radical (unpaired) electrons. The molecule has 2 aliphatic rings. The predicted molar refractivity (Wildman–Crippen MR) is 143 cm³/mol. The van der Waals surface area contributed by atoms with Crippen LogP contribution in [0.2, 0.25) is 10.0 Å². The molecule has 1 N–H and O–H groups in total. The zero-order valence-electron chi connectivity index (χ0n) is 20.9. The molecule has 6 nitrogen and oxygen atoms in total. The molecule has 0 bridgehead atoms. The maximum absolute atomic E-state index is 6.58. The highest BCUT2D eigenvalue weighted by Crippen LogP contribution is 2.35. The molecule has 35 heavy (non-hydrogen) atoms. The van der Waals surface area contributed by atoms with E-state index in [0.29, 0.717) is 33.6 Å². The first-order valence-electron chi connectivity index (χ1n) is 12.9. The first kappa shape index (κ1) is 26.6. The third-order valence-electron chi connectivity index (χ3n) is 7.51. The minimum Gasteiger partial charge on any atom is -0.383 e. The number of nitrogens with zero attached hydrogens (tertiary/aromatic N) is 3. The Bertz CT molecular complexity index is 947. The molecule has 192 valence electrons. The van der Waals surface area contributed by atoms with Gasteiger partial charge in [-0.1, -0.05) is 23.2 Å². The molecule has 4 rings (SSSR count). The lowest BCUT2D eigenvalue weighted by atomic mass is 9.82. The van der Waals surface area contributed by atoms with Crippen LogP contribution >= 0.6 is 23.2 Å². The van der Waals surface area contributed by atoms with Crippen LogP contribution in [-0.2, 0) is 15.9 Å². The number of ether oxygens (including phenoxy) is 2. The van der Waals surface area contributed by atoms with Crippen LogP contribution in [0.4, 0.5) is 5.82 Å². The van der Waals surface area contributed by atoms with Gasteiger partial charge in [-0.05, 0) is 82.0 Å². The summed E-state index contributed by atoms with van der Waals surface area (Å²) in [5, 5.41) is 4.66. The fraction of sp³-hybridized carbons (Fsp3) is 0.630. The summed E-state index contributed by atoms with van der Waals surface area (Å²) in [6, 6.07) is 6.56. The van der Waals surface area contributed by atoms with E-state index < -0.39 is 0 Å². The van der Waals surface area contributed by atoms with Gasteiger partial charge in [-0.25, -0.2) is 4.98 Å². The van der Waals surface area contributed by atoms with E-state index in [-0.39, 0.29) is 0 Å². The molecule has 0 atom stereocenters. The molecule has 8 heteroatoms. The van der Waals surface area contributed by atoms with Gasteiger partial charge in [0.25, 0.3) is 0 Å². The maximum atomic E-state index is 6.58. The first-order chi connectivity index (χ1) is 17.0. The Kier molecular flexibility index (Phi) is 10.0. The van der Waals surface area contributed by atoms with Gasteiger partial charge in [-0.15, -0.1) is 0 Å². The molecule has 0 spiro atoms. The molecule has 2 fully saturated rings. The summed E-state index contributed by atoms with van der Waals surface area (Å²) in [4.78, 5) is 11.9. The summed E-state index contributed by atoms with van der Waals surface area (Å²) in [5.74, 6) is 2.07. The van der Waals surface area contributed by atoms with E-state index in [9.17, 15) is 0 Å². The summed E-state index contributed by atoms with van der Waals surface area (Å²) < 4.78 is 10.7. The van der Waals surface area contributed by atoms with Gasteiger partial charge in [0.1, 0.15) is 5.82 Å². The first-order valence-corrected chi connectivity index (χ1v) is 13.6. The number of pyridine rings is 2. The topological polar surface area (TPSA) is 59.5 Å². The Morgan fingerprint density at radius 3 is 2.57 bits per heavy atom. The lowest BCUT2D eigenvalue weighted by molar-refractivity contribution is 0.0699. The number of aromatic nitrogens is 2. The second kappa shape index (κ2) is 13.2. The van der Waals surface area contributed by atoms with Gasteiger partial charge in [0.2, 0.25) is 0 Å². The largest absolute Gasteiger partial charge is 0.383 e. The monoisotopic (exact) mass is 520 g/mol. The van der Waals surface area contributed by atoms with Gasteiger partial charge >= 0.3 is 0 Å². The highest BCUT2D eigenvalue weighted by Gasteiger charge is 2.25. The van der Waals surface area contributed by atoms with Crippen molar-refractivity contribution in [1.29, 1.82) is 0 Å². The van der Waals surface area contributed by atoms with Crippen molar-refractivity contribution in [1.82, 2.24) is 14.9 Å².